The first-order valence-electron chi connectivity index (χ1n) is 11.3. The molecule has 0 saturated carbocycles. The quantitative estimate of drug-likeness (QED) is 0.573. The third-order valence-corrected chi connectivity index (χ3v) is 6.62. The summed E-state index contributed by atoms with van der Waals surface area (Å²) in [4.78, 5) is 26.0. The van der Waals surface area contributed by atoms with Gasteiger partial charge in [-0.3, -0.25) is 9.59 Å². The zero-order chi connectivity index (χ0) is 24.6. The number of fused-ring (bicyclic) bond motifs is 2. The highest BCUT2D eigenvalue weighted by atomic mass is 19.4. The van der Waals surface area contributed by atoms with E-state index < -0.39 is 41.9 Å². The van der Waals surface area contributed by atoms with E-state index >= 15 is 0 Å². The Morgan fingerprint density at radius 2 is 1.94 bits per heavy atom. The zero-order valence-electron chi connectivity index (χ0n) is 19.3. The SMILES string of the molecule is CNCCC1CC(C(=O)NC2c3ccc(C)cc3Oc3cccc(C)c32)C(=O)NC1C(F)(F)F. The van der Waals surface area contributed by atoms with Crippen LogP contribution in [0.1, 0.15) is 41.1 Å². The molecule has 9 heteroatoms. The number of ether oxygens (including phenoxy) is 1. The normalized spacial score (nSPS) is 23.9. The van der Waals surface area contributed by atoms with Crippen LogP contribution in [0.25, 0.3) is 0 Å². The van der Waals surface area contributed by atoms with Crippen molar-refractivity contribution in [3.63, 3.8) is 0 Å². The van der Waals surface area contributed by atoms with E-state index in [-0.39, 0.29) is 12.8 Å². The Kier molecular flexibility index (Phi) is 6.58. The third kappa shape index (κ3) is 4.61. The maximum Gasteiger partial charge on any atom is 0.408 e. The van der Waals surface area contributed by atoms with E-state index in [0.29, 0.717) is 18.0 Å². The molecule has 2 amide bonds. The number of hydrogen-bond acceptors (Lipinski definition) is 4. The fraction of sp³-hybridized carbons (Fsp3) is 0.440. The van der Waals surface area contributed by atoms with Gasteiger partial charge >= 0.3 is 6.18 Å². The molecule has 2 aliphatic rings. The van der Waals surface area contributed by atoms with Gasteiger partial charge in [-0.15, -0.1) is 0 Å². The number of amides is 2. The molecular weight excluding hydrogens is 447 g/mol. The van der Waals surface area contributed by atoms with Crippen molar-refractivity contribution in [1.82, 2.24) is 16.0 Å². The van der Waals surface area contributed by atoms with E-state index in [1.54, 1.807) is 7.05 Å². The second-order valence-electron chi connectivity index (χ2n) is 9.04. The second kappa shape index (κ2) is 9.29. The molecule has 4 rings (SSSR count). The van der Waals surface area contributed by atoms with E-state index in [4.69, 9.17) is 4.74 Å². The lowest BCUT2D eigenvalue weighted by Gasteiger charge is -2.38. The number of hydrogen-bond donors (Lipinski definition) is 3. The summed E-state index contributed by atoms with van der Waals surface area (Å²) in [5.74, 6) is -2.42. The lowest BCUT2D eigenvalue weighted by molar-refractivity contribution is -0.182. The van der Waals surface area contributed by atoms with Gasteiger partial charge in [0.1, 0.15) is 23.5 Å². The van der Waals surface area contributed by atoms with Gasteiger partial charge in [0.2, 0.25) is 11.8 Å². The molecule has 2 aromatic carbocycles. The first-order valence-corrected chi connectivity index (χ1v) is 11.3. The van der Waals surface area contributed by atoms with E-state index in [2.05, 4.69) is 16.0 Å². The average molecular weight is 476 g/mol. The van der Waals surface area contributed by atoms with Gasteiger partial charge in [-0.1, -0.05) is 24.3 Å². The molecular formula is C25H28F3N3O3. The zero-order valence-corrected chi connectivity index (χ0v) is 19.3. The van der Waals surface area contributed by atoms with Gasteiger partial charge in [0.25, 0.3) is 0 Å². The summed E-state index contributed by atoms with van der Waals surface area (Å²) in [5, 5.41) is 7.85. The lowest BCUT2D eigenvalue weighted by atomic mass is 9.80. The summed E-state index contributed by atoms with van der Waals surface area (Å²) >= 11 is 0. The molecule has 2 aliphatic heterocycles. The van der Waals surface area contributed by atoms with Crippen LogP contribution >= 0.6 is 0 Å². The number of piperidine rings is 1. The van der Waals surface area contributed by atoms with Crippen molar-refractivity contribution in [2.45, 2.75) is 44.9 Å². The second-order valence-corrected chi connectivity index (χ2v) is 9.04. The molecule has 1 fully saturated rings. The highest BCUT2D eigenvalue weighted by molar-refractivity contribution is 6.01. The molecule has 0 aliphatic carbocycles. The first-order chi connectivity index (χ1) is 16.1. The van der Waals surface area contributed by atoms with Crippen molar-refractivity contribution in [1.29, 1.82) is 0 Å². The van der Waals surface area contributed by atoms with Crippen LogP contribution in [0.15, 0.2) is 36.4 Å². The fourth-order valence-corrected chi connectivity index (χ4v) is 4.85. The number of benzene rings is 2. The number of alkyl halides is 3. The van der Waals surface area contributed by atoms with Crippen molar-refractivity contribution < 1.29 is 27.5 Å². The minimum absolute atomic E-state index is 0.172. The van der Waals surface area contributed by atoms with Gasteiger partial charge in [0.05, 0.1) is 6.04 Å². The van der Waals surface area contributed by atoms with Crippen LogP contribution in [0, 0.1) is 25.7 Å². The summed E-state index contributed by atoms with van der Waals surface area (Å²) in [5.41, 5.74) is 3.38. The number of carbonyl (C=O) groups excluding carboxylic acids is 2. The van der Waals surface area contributed by atoms with E-state index in [9.17, 15) is 22.8 Å². The molecule has 34 heavy (non-hydrogen) atoms. The maximum atomic E-state index is 13.6. The highest BCUT2D eigenvalue weighted by Crippen LogP contribution is 2.45. The lowest BCUT2D eigenvalue weighted by Crippen LogP contribution is -2.59. The van der Waals surface area contributed by atoms with Crippen molar-refractivity contribution >= 4 is 11.8 Å². The number of aryl methyl sites for hydroxylation is 2. The molecule has 2 heterocycles. The summed E-state index contributed by atoms with van der Waals surface area (Å²) in [6, 6.07) is 8.64. The van der Waals surface area contributed by atoms with E-state index in [1.807, 2.05) is 50.2 Å². The number of halogens is 3. The predicted molar refractivity (Wildman–Crippen MR) is 121 cm³/mol. The number of rotatable bonds is 5. The monoisotopic (exact) mass is 475 g/mol. The first kappa shape index (κ1) is 24.1. The summed E-state index contributed by atoms with van der Waals surface area (Å²) in [6.45, 7) is 4.17. The Morgan fingerprint density at radius 1 is 1.18 bits per heavy atom. The van der Waals surface area contributed by atoms with Crippen molar-refractivity contribution in [3.05, 3.63) is 58.7 Å². The molecule has 0 bridgehead atoms. The fourth-order valence-electron chi connectivity index (χ4n) is 4.85. The molecule has 0 spiro atoms. The molecule has 4 atom stereocenters. The largest absolute Gasteiger partial charge is 0.457 e. The average Bonchev–Trinajstić information content (AvgIpc) is 2.76. The molecule has 1 saturated heterocycles. The Morgan fingerprint density at radius 3 is 2.65 bits per heavy atom. The summed E-state index contributed by atoms with van der Waals surface area (Å²) in [6.07, 6.45) is -4.57. The van der Waals surface area contributed by atoms with Crippen molar-refractivity contribution in [2.75, 3.05) is 13.6 Å². The molecule has 182 valence electrons. The molecule has 6 nitrogen and oxygen atoms in total. The Balaban J connectivity index is 1.63. The third-order valence-electron chi connectivity index (χ3n) is 6.62. The van der Waals surface area contributed by atoms with Crippen molar-refractivity contribution in [3.8, 4) is 11.5 Å². The smallest absolute Gasteiger partial charge is 0.408 e. The molecule has 0 aromatic heterocycles. The Hall–Kier alpha value is -3.07. The van der Waals surface area contributed by atoms with Gasteiger partial charge < -0.3 is 20.7 Å². The van der Waals surface area contributed by atoms with Gasteiger partial charge in [-0.05, 0) is 69.5 Å². The summed E-state index contributed by atoms with van der Waals surface area (Å²) < 4.78 is 46.7. The molecule has 2 aromatic rings. The molecule has 0 radical (unpaired) electrons. The minimum Gasteiger partial charge on any atom is -0.457 e. The van der Waals surface area contributed by atoms with Crippen LogP contribution in [0.5, 0.6) is 11.5 Å². The van der Waals surface area contributed by atoms with Crippen LogP contribution in [-0.2, 0) is 9.59 Å². The summed E-state index contributed by atoms with van der Waals surface area (Å²) in [7, 11) is 1.65. The predicted octanol–water partition coefficient (Wildman–Crippen LogP) is 3.91. The highest BCUT2D eigenvalue weighted by Gasteiger charge is 2.51. The number of nitrogens with one attached hydrogen (secondary N) is 3. The molecule has 4 unspecified atom stereocenters. The standard InChI is InChI=1S/C25H28F3N3O3/c1-13-7-8-16-19(11-13)34-18-6-4-5-14(2)20(18)21(16)30-23(32)17-12-15(9-10-29-3)22(25(26,27)28)31-24(17)33/h4-8,11,15,17,21-22,29H,9-10,12H2,1-3H3,(H,30,32)(H,31,33). The van der Waals surface area contributed by atoms with E-state index in [0.717, 1.165) is 22.3 Å². The number of carbonyl (C=O) groups is 2. The van der Waals surface area contributed by atoms with Crippen molar-refractivity contribution in [2.24, 2.45) is 11.8 Å². The van der Waals surface area contributed by atoms with Gasteiger partial charge in [0, 0.05) is 11.1 Å². The van der Waals surface area contributed by atoms with E-state index in [1.165, 1.54) is 0 Å². The van der Waals surface area contributed by atoms with Crippen LogP contribution in [0.3, 0.4) is 0 Å². The minimum atomic E-state index is -4.58. The van der Waals surface area contributed by atoms with Crippen LogP contribution in [0.4, 0.5) is 13.2 Å². The van der Waals surface area contributed by atoms with Crippen LogP contribution in [-0.4, -0.2) is 37.6 Å². The molecule has 3 N–H and O–H groups in total. The topological polar surface area (TPSA) is 79.5 Å². The Labute approximate surface area is 196 Å². The maximum absolute atomic E-state index is 13.6. The van der Waals surface area contributed by atoms with Crippen LogP contribution < -0.4 is 20.7 Å². The van der Waals surface area contributed by atoms with Gasteiger partial charge in [-0.2, -0.15) is 13.2 Å². The van der Waals surface area contributed by atoms with Gasteiger partial charge in [-0.25, -0.2) is 0 Å². The Bertz CT molecular complexity index is 1100. The van der Waals surface area contributed by atoms with Crippen LogP contribution in [0.2, 0.25) is 0 Å². The van der Waals surface area contributed by atoms with Gasteiger partial charge in [0.15, 0.2) is 0 Å².